The van der Waals surface area contributed by atoms with Crippen LogP contribution in [0.3, 0.4) is 0 Å². The van der Waals surface area contributed by atoms with Crippen molar-refractivity contribution in [2.75, 3.05) is 10.6 Å². The van der Waals surface area contributed by atoms with Gasteiger partial charge in [-0.1, -0.05) is 17.3 Å². The van der Waals surface area contributed by atoms with Crippen molar-refractivity contribution in [3.05, 3.63) is 36.1 Å². The van der Waals surface area contributed by atoms with Crippen LogP contribution in [0.4, 0.5) is 11.5 Å². The molecule has 0 aliphatic heterocycles. The first-order valence-electron chi connectivity index (χ1n) is 6.77. The molecule has 0 spiro atoms. The minimum Gasteiger partial charge on any atom is -0.489 e. The van der Waals surface area contributed by atoms with Gasteiger partial charge in [0.2, 0.25) is 0 Å². The third-order valence-corrected chi connectivity index (χ3v) is 2.57. The second-order valence-electron chi connectivity index (χ2n) is 4.89. The van der Waals surface area contributed by atoms with Gasteiger partial charge in [0.05, 0.1) is 11.8 Å². The summed E-state index contributed by atoms with van der Waals surface area (Å²) in [5, 5.41) is 8.45. The van der Waals surface area contributed by atoms with E-state index in [2.05, 4.69) is 15.8 Å². The third kappa shape index (κ3) is 4.08. The SMILES string of the molecule is Cc1cc(NC(=O)C(=O)Nc2ccccc2OC(C)C)no1. The molecule has 0 unspecified atom stereocenters. The molecule has 2 rings (SSSR count). The number of anilines is 2. The van der Waals surface area contributed by atoms with Crippen molar-refractivity contribution in [2.24, 2.45) is 0 Å². The average molecular weight is 303 g/mol. The summed E-state index contributed by atoms with van der Waals surface area (Å²) in [4.78, 5) is 23.7. The summed E-state index contributed by atoms with van der Waals surface area (Å²) >= 11 is 0. The van der Waals surface area contributed by atoms with Gasteiger partial charge in [-0.3, -0.25) is 14.9 Å². The molecule has 0 radical (unpaired) electrons. The van der Waals surface area contributed by atoms with Crippen LogP contribution in [-0.2, 0) is 9.59 Å². The number of aromatic nitrogens is 1. The highest BCUT2D eigenvalue weighted by Crippen LogP contribution is 2.24. The maximum Gasteiger partial charge on any atom is 0.315 e. The number of benzene rings is 1. The number of carbonyl (C=O) groups excluding carboxylic acids is 2. The van der Waals surface area contributed by atoms with E-state index in [1.165, 1.54) is 6.07 Å². The molecule has 1 heterocycles. The molecule has 0 aliphatic rings. The zero-order chi connectivity index (χ0) is 16.1. The minimum atomic E-state index is -0.840. The van der Waals surface area contributed by atoms with Crippen molar-refractivity contribution in [1.82, 2.24) is 5.16 Å². The van der Waals surface area contributed by atoms with Crippen molar-refractivity contribution in [3.63, 3.8) is 0 Å². The first-order chi connectivity index (χ1) is 10.5. The van der Waals surface area contributed by atoms with Crippen LogP contribution in [0.15, 0.2) is 34.9 Å². The molecule has 1 aromatic carbocycles. The zero-order valence-corrected chi connectivity index (χ0v) is 12.5. The van der Waals surface area contributed by atoms with Gasteiger partial charge in [-0.15, -0.1) is 0 Å². The zero-order valence-electron chi connectivity index (χ0n) is 12.5. The predicted molar refractivity (Wildman–Crippen MR) is 80.7 cm³/mol. The van der Waals surface area contributed by atoms with Gasteiger partial charge in [-0.2, -0.15) is 0 Å². The van der Waals surface area contributed by atoms with Crippen molar-refractivity contribution in [2.45, 2.75) is 26.9 Å². The number of carbonyl (C=O) groups is 2. The fourth-order valence-electron chi connectivity index (χ4n) is 1.70. The maximum atomic E-state index is 11.9. The Morgan fingerprint density at radius 3 is 2.50 bits per heavy atom. The fraction of sp³-hybridized carbons (Fsp3) is 0.267. The van der Waals surface area contributed by atoms with Gasteiger partial charge < -0.3 is 14.6 Å². The summed E-state index contributed by atoms with van der Waals surface area (Å²) in [6.07, 6.45) is -0.0509. The number of amides is 2. The van der Waals surface area contributed by atoms with Gasteiger partial charge in [0.15, 0.2) is 5.82 Å². The number of ether oxygens (including phenoxy) is 1. The number of nitrogens with one attached hydrogen (secondary N) is 2. The summed E-state index contributed by atoms with van der Waals surface area (Å²) in [5.74, 6) is -0.445. The molecule has 0 bridgehead atoms. The van der Waals surface area contributed by atoms with Gasteiger partial charge in [0.25, 0.3) is 0 Å². The lowest BCUT2D eigenvalue weighted by Crippen LogP contribution is -2.29. The van der Waals surface area contributed by atoms with Gasteiger partial charge in [-0.05, 0) is 32.9 Å². The molecule has 2 aromatic rings. The molecule has 0 fully saturated rings. The minimum absolute atomic E-state index is 0.0509. The third-order valence-electron chi connectivity index (χ3n) is 2.57. The molecular weight excluding hydrogens is 286 g/mol. The summed E-state index contributed by atoms with van der Waals surface area (Å²) in [6.45, 7) is 5.43. The first-order valence-corrected chi connectivity index (χ1v) is 6.77. The second kappa shape index (κ2) is 6.75. The number of hydrogen-bond acceptors (Lipinski definition) is 5. The monoisotopic (exact) mass is 303 g/mol. The standard InChI is InChI=1S/C15H17N3O4/c1-9(2)21-12-7-5-4-6-11(12)16-14(19)15(20)17-13-8-10(3)22-18-13/h4-9H,1-3H3,(H,16,19)(H,17,18,20). The van der Waals surface area contributed by atoms with Crippen LogP contribution in [0.1, 0.15) is 19.6 Å². The van der Waals surface area contributed by atoms with Crippen molar-refractivity contribution >= 4 is 23.3 Å². The van der Waals surface area contributed by atoms with Gasteiger partial charge in [-0.25, -0.2) is 0 Å². The van der Waals surface area contributed by atoms with Crippen LogP contribution in [0.2, 0.25) is 0 Å². The highest BCUT2D eigenvalue weighted by molar-refractivity contribution is 6.43. The largest absolute Gasteiger partial charge is 0.489 e. The molecule has 2 amide bonds. The average Bonchev–Trinajstić information content (AvgIpc) is 2.85. The Labute approximate surface area is 127 Å². The Kier molecular flexibility index (Phi) is 4.77. The van der Waals surface area contributed by atoms with Crippen LogP contribution in [0.25, 0.3) is 0 Å². The first kappa shape index (κ1) is 15.6. The molecule has 1 aromatic heterocycles. The molecule has 22 heavy (non-hydrogen) atoms. The Morgan fingerprint density at radius 2 is 1.86 bits per heavy atom. The molecule has 116 valence electrons. The summed E-state index contributed by atoms with van der Waals surface area (Å²) in [5.41, 5.74) is 0.424. The van der Waals surface area contributed by atoms with Crippen LogP contribution in [0.5, 0.6) is 5.75 Å². The van der Waals surface area contributed by atoms with E-state index >= 15 is 0 Å². The second-order valence-corrected chi connectivity index (χ2v) is 4.89. The lowest BCUT2D eigenvalue weighted by Gasteiger charge is -2.14. The number of hydrogen-bond donors (Lipinski definition) is 2. The number of aryl methyl sites for hydroxylation is 1. The highest BCUT2D eigenvalue weighted by atomic mass is 16.5. The molecule has 0 saturated carbocycles. The van der Waals surface area contributed by atoms with Crippen LogP contribution in [-0.4, -0.2) is 23.1 Å². The lowest BCUT2D eigenvalue weighted by atomic mass is 10.3. The van der Waals surface area contributed by atoms with E-state index in [0.29, 0.717) is 17.2 Å². The number of rotatable bonds is 4. The summed E-state index contributed by atoms with van der Waals surface area (Å²) in [6, 6.07) is 8.41. The molecule has 7 heteroatoms. The van der Waals surface area contributed by atoms with Gasteiger partial charge in [0, 0.05) is 6.07 Å². The van der Waals surface area contributed by atoms with Crippen LogP contribution < -0.4 is 15.4 Å². The van der Waals surface area contributed by atoms with E-state index < -0.39 is 11.8 Å². The van der Waals surface area contributed by atoms with Crippen molar-refractivity contribution < 1.29 is 18.8 Å². The van der Waals surface area contributed by atoms with Gasteiger partial charge in [0.1, 0.15) is 11.5 Å². The molecule has 7 nitrogen and oxygen atoms in total. The summed E-state index contributed by atoms with van der Waals surface area (Å²) in [7, 11) is 0. The smallest absolute Gasteiger partial charge is 0.315 e. The van der Waals surface area contributed by atoms with Crippen LogP contribution in [0, 0.1) is 6.92 Å². The molecule has 0 aliphatic carbocycles. The molecular formula is C15H17N3O4. The molecule has 0 atom stereocenters. The molecule has 0 saturated heterocycles. The lowest BCUT2D eigenvalue weighted by molar-refractivity contribution is -0.133. The Bertz CT molecular complexity index is 679. The fourth-order valence-corrected chi connectivity index (χ4v) is 1.70. The van der Waals surface area contributed by atoms with E-state index in [1.54, 1.807) is 31.2 Å². The van der Waals surface area contributed by atoms with E-state index in [4.69, 9.17) is 9.26 Å². The van der Waals surface area contributed by atoms with E-state index in [1.807, 2.05) is 13.8 Å². The normalized spacial score (nSPS) is 10.4. The van der Waals surface area contributed by atoms with E-state index in [9.17, 15) is 9.59 Å². The van der Waals surface area contributed by atoms with Crippen molar-refractivity contribution in [3.8, 4) is 5.75 Å². The predicted octanol–water partition coefficient (Wildman–Crippen LogP) is 2.35. The Balaban J connectivity index is 2.03. The Morgan fingerprint density at radius 1 is 1.18 bits per heavy atom. The highest BCUT2D eigenvalue weighted by Gasteiger charge is 2.17. The summed E-state index contributed by atoms with van der Waals surface area (Å²) < 4.78 is 10.4. The topological polar surface area (TPSA) is 93.5 Å². The number of nitrogens with zero attached hydrogens (tertiary/aromatic N) is 1. The van der Waals surface area contributed by atoms with Gasteiger partial charge >= 0.3 is 11.8 Å². The van der Waals surface area contributed by atoms with E-state index in [-0.39, 0.29) is 11.9 Å². The number of para-hydroxylation sites is 2. The van der Waals surface area contributed by atoms with E-state index in [0.717, 1.165) is 0 Å². The van der Waals surface area contributed by atoms with Crippen LogP contribution >= 0.6 is 0 Å². The Hall–Kier alpha value is -2.83. The maximum absolute atomic E-state index is 11.9. The van der Waals surface area contributed by atoms with Crippen molar-refractivity contribution in [1.29, 1.82) is 0 Å². The quantitative estimate of drug-likeness (QED) is 0.846. The molecule has 2 N–H and O–H groups in total.